The third kappa shape index (κ3) is 2.69. The zero-order chi connectivity index (χ0) is 17.5. The smallest absolute Gasteiger partial charge is 0.261 e. The zero-order valence-electron chi connectivity index (χ0n) is 13.7. The van der Waals surface area contributed by atoms with Crippen molar-refractivity contribution in [2.75, 3.05) is 16.7 Å². The van der Waals surface area contributed by atoms with Crippen molar-refractivity contribution in [2.45, 2.75) is 18.7 Å². The molecule has 3 rings (SSSR count). The number of hydrogen-bond donors (Lipinski definition) is 1. The van der Waals surface area contributed by atoms with E-state index in [0.717, 1.165) is 11.3 Å². The van der Waals surface area contributed by atoms with Crippen LogP contribution in [0.1, 0.15) is 19.4 Å². The minimum absolute atomic E-state index is 0.115. The van der Waals surface area contributed by atoms with Crippen molar-refractivity contribution in [1.29, 1.82) is 0 Å². The molecule has 1 amide bonds. The van der Waals surface area contributed by atoms with E-state index in [4.69, 9.17) is 0 Å². The Bertz CT molecular complexity index is 943. The molecule has 5 nitrogen and oxygen atoms in total. The molecule has 124 valence electrons. The quantitative estimate of drug-likeness (QED) is 0.871. The van der Waals surface area contributed by atoms with Crippen LogP contribution < -0.4 is 9.62 Å². The molecule has 2 aromatic rings. The van der Waals surface area contributed by atoms with E-state index < -0.39 is 10.0 Å². The largest absolute Gasteiger partial charge is 0.311 e. The second kappa shape index (κ2) is 5.79. The number of likely N-dealkylation sites (N-methyl/N-ethyl adjacent to an activating group) is 1. The fraction of sp³-hybridized carbons (Fsp3) is 0.167. The van der Waals surface area contributed by atoms with E-state index in [9.17, 15) is 13.2 Å². The van der Waals surface area contributed by atoms with Gasteiger partial charge in [-0.15, -0.1) is 0 Å². The van der Waals surface area contributed by atoms with Gasteiger partial charge in [0.25, 0.3) is 15.9 Å². The summed E-state index contributed by atoms with van der Waals surface area (Å²) in [6, 6.07) is 13.4. The van der Waals surface area contributed by atoms with Gasteiger partial charge in [-0.25, -0.2) is 8.42 Å². The Labute approximate surface area is 141 Å². The number of nitrogens with zero attached hydrogens (tertiary/aromatic N) is 1. The molecule has 2 aromatic carbocycles. The lowest BCUT2D eigenvalue weighted by Crippen LogP contribution is -2.20. The number of fused-ring (bicyclic) bond motifs is 1. The average Bonchev–Trinajstić information content (AvgIpc) is 2.79. The van der Waals surface area contributed by atoms with Gasteiger partial charge < -0.3 is 4.90 Å². The first-order valence-electron chi connectivity index (χ1n) is 7.49. The van der Waals surface area contributed by atoms with E-state index in [-0.39, 0.29) is 10.8 Å². The number of carbonyl (C=O) groups excluding carboxylic acids is 1. The molecule has 1 N–H and O–H groups in total. The van der Waals surface area contributed by atoms with Crippen molar-refractivity contribution in [1.82, 2.24) is 0 Å². The van der Waals surface area contributed by atoms with Gasteiger partial charge in [0.2, 0.25) is 0 Å². The third-order valence-corrected chi connectivity index (χ3v) is 5.33. The normalized spacial score (nSPS) is 13.9. The molecule has 0 radical (unpaired) electrons. The highest BCUT2D eigenvalue weighted by atomic mass is 32.2. The lowest BCUT2D eigenvalue weighted by molar-refractivity contribution is -0.112. The highest BCUT2D eigenvalue weighted by Gasteiger charge is 2.31. The van der Waals surface area contributed by atoms with Gasteiger partial charge in [0, 0.05) is 23.9 Å². The molecule has 0 aliphatic carbocycles. The number of nitrogens with one attached hydrogen (secondary N) is 1. The maximum Gasteiger partial charge on any atom is 0.261 e. The first-order chi connectivity index (χ1) is 11.3. The van der Waals surface area contributed by atoms with Crippen LogP contribution in [0.3, 0.4) is 0 Å². The minimum atomic E-state index is -3.72. The number of allylic oxidation sites excluding steroid dienone is 1. The Morgan fingerprint density at radius 1 is 1.04 bits per heavy atom. The van der Waals surface area contributed by atoms with Crippen LogP contribution in [-0.4, -0.2) is 21.4 Å². The Morgan fingerprint density at radius 2 is 1.71 bits per heavy atom. The molecule has 24 heavy (non-hydrogen) atoms. The van der Waals surface area contributed by atoms with E-state index in [1.807, 2.05) is 19.9 Å². The number of benzene rings is 2. The van der Waals surface area contributed by atoms with E-state index in [0.29, 0.717) is 16.8 Å². The lowest BCUT2D eigenvalue weighted by Gasteiger charge is -2.11. The molecule has 1 heterocycles. The molecule has 1 aliphatic heterocycles. The summed E-state index contributed by atoms with van der Waals surface area (Å²) in [5.41, 5.74) is 3.28. The topological polar surface area (TPSA) is 66.5 Å². The molecule has 1 aliphatic rings. The van der Waals surface area contributed by atoms with Gasteiger partial charge in [0.15, 0.2) is 0 Å². The molecule has 0 spiro atoms. The Balaban J connectivity index is 2.07. The van der Waals surface area contributed by atoms with Crippen molar-refractivity contribution < 1.29 is 13.2 Å². The maximum absolute atomic E-state index is 12.6. The highest BCUT2D eigenvalue weighted by molar-refractivity contribution is 7.92. The first kappa shape index (κ1) is 16.3. The molecule has 0 aromatic heterocycles. The molecule has 0 unspecified atom stereocenters. The number of para-hydroxylation sites is 1. The Hall–Kier alpha value is -2.60. The summed E-state index contributed by atoms with van der Waals surface area (Å²) < 4.78 is 27.8. The molecule has 6 heteroatoms. The summed E-state index contributed by atoms with van der Waals surface area (Å²) in [5.74, 6) is -0.115. The van der Waals surface area contributed by atoms with Gasteiger partial charge in [-0.2, -0.15) is 0 Å². The SMILES string of the molecule is CC(C)=C1C(=O)N(C)c2ccc(S(=O)(=O)Nc3ccccc3)cc21. The third-order valence-electron chi connectivity index (χ3n) is 3.95. The van der Waals surface area contributed by atoms with Crippen LogP contribution >= 0.6 is 0 Å². The summed E-state index contributed by atoms with van der Waals surface area (Å²) in [4.78, 5) is 14.0. The number of amides is 1. The fourth-order valence-electron chi connectivity index (χ4n) is 2.77. The van der Waals surface area contributed by atoms with Crippen LogP contribution in [0, 0.1) is 0 Å². The van der Waals surface area contributed by atoms with Gasteiger partial charge >= 0.3 is 0 Å². The van der Waals surface area contributed by atoms with Crippen LogP contribution in [0.5, 0.6) is 0 Å². The fourth-order valence-corrected chi connectivity index (χ4v) is 3.86. The van der Waals surface area contributed by atoms with Crippen molar-refractivity contribution in [3.63, 3.8) is 0 Å². The molecule has 0 bridgehead atoms. The molecular formula is C18H18N2O3S. The van der Waals surface area contributed by atoms with E-state index in [1.54, 1.807) is 48.3 Å². The highest BCUT2D eigenvalue weighted by Crippen LogP contribution is 2.38. The summed E-state index contributed by atoms with van der Waals surface area (Å²) in [6.07, 6.45) is 0. The minimum Gasteiger partial charge on any atom is -0.311 e. The molecule has 0 fully saturated rings. The number of carbonyl (C=O) groups is 1. The second-order valence-corrected chi connectivity index (χ2v) is 7.57. The van der Waals surface area contributed by atoms with Gasteiger partial charge in [-0.3, -0.25) is 9.52 Å². The van der Waals surface area contributed by atoms with Gasteiger partial charge in [0.05, 0.1) is 10.6 Å². The molecule has 0 atom stereocenters. The van der Waals surface area contributed by atoms with Crippen molar-refractivity contribution >= 4 is 32.9 Å². The number of sulfonamides is 1. The first-order valence-corrected chi connectivity index (χ1v) is 8.97. The molecule has 0 saturated carbocycles. The standard InChI is InChI=1S/C18H18N2O3S/c1-12(2)17-15-11-14(9-10-16(15)20(3)18(17)21)24(22,23)19-13-7-5-4-6-8-13/h4-11,19H,1-3H3. The second-order valence-electron chi connectivity index (χ2n) is 5.89. The van der Waals surface area contributed by atoms with Gasteiger partial charge in [-0.05, 0) is 44.2 Å². The van der Waals surface area contributed by atoms with Crippen molar-refractivity contribution in [3.05, 3.63) is 59.7 Å². The summed E-state index contributed by atoms with van der Waals surface area (Å²) in [6.45, 7) is 3.69. The summed E-state index contributed by atoms with van der Waals surface area (Å²) >= 11 is 0. The monoisotopic (exact) mass is 342 g/mol. The predicted molar refractivity (Wildman–Crippen MR) is 95.4 cm³/mol. The number of anilines is 2. The van der Waals surface area contributed by atoms with Gasteiger partial charge in [-0.1, -0.05) is 23.8 Å². The maximum atomic E-state index is 12.6. The van der Waals surface area contributed by atoms with Crippen molar-refractivity contribution in [2.24, 2.45) is 0 Å². The van der Waals surface area contributed by atoms with Crippen LogP contribution in [0.15, 0.2) is 59.0 Å². The van der Waals surface area contributed by atoms with Crippen molar-refractivity contribution in [3.8, 4) is 0 Å². The number of hydrogen-bond acceptors (Lipinski definition) is 3. The van der Waals surface area contributed by atoms with E-state index >= 15 is 0 Å². The van der Waals surface area contributed by atoms with Crippen LogP contribution in [0.4, 0.5) is 11.4 Å². The Morgan fingerprint density at radius 3 is 2.33 bits per heavy atom. The van der Waals surface area contributed by atoms with Gasteiger partial charge in [0.1, 0.15) is 0 Å². The van der Waals surface area contributed by atoms with Crippen LogP contribution in [0.2, 0.25) is 0 Å². The summed E-state index contributed by atoms with van der Waals surface area (Å²) in [5, 5.41) is 0. The summed E-state index contributed by atoms with van der Waals surface area (Å²) in [7, 11) is -2.03. The van der Waals surface area contributed by atoms with Crippen LogP contribution in [0.25, 0.3) is 5.57 Å². The predicted octanol–water partition coefficient (Wildman–Crippen LogP) is 3.26. The average molecular weight is 342 g/mol. The number of rotatable bonds is 3. The van der Waals surface area contributed by atoms with E-state index in [1.165, 1.54) is 6.07 Å². The lowest BCUT2D eigenvalue weighted by atomic mass is 10.0. The molecular weight excluding hydrogens is 324 g/mol. The van der Waals surface area contributed by atoms with E-state index in [2.05, 4.69) is 4.72 Å². The molecule has 0 saturated heterocycles. The van der Waals surface area contributed by atoms with Crippen LogP contribution in [-0.2, 0) is 14.8 Å². The zero-order valence-corrected chi connectivity index (χ0v) is 14.5. The Kier molecular flexibility index (Phi) is 3.93.